The van der Waals surface area contributed by atoms with Crippen molar-refractivity contribution >= 4 is 22.7 Å². The molecule has 0 N–H and O–H groups in total. The first kappa shape index (κ1) is 22.8. The smallest absolute Gasteiger partial charge is 0.338 e. The highest BCUT2D eigenvalue weighted by atomic mass is 16.5. The van der Waals surface area contributed by atoms with Gasteiger partial charge in [-0.3, -0.25) is 14.2 Å². The summed E-state index contributed by atoms with van der Waals surface area (Å²) in [6.07, 6.45) is 2.50. The van der Waals surface area contributed by atoms with Gasteiger partial charge >= 0.3 is 5.97 Å². The van der Waals surface area contributed by atoms with Gasteiger partial charge in [0.2, 0.25) is 5.78 Å². The Balaban J connectivity index is 1.27. The van der Waals surface area contributed by atoms with Crippen LogP contribution >= 0.6 is 0 Å². The maximum Gasteiger partial charge on any atom is 0.338 e. The third kappa shape index (κ3) is 4.41. The van der Waals surface area contributed by atoms with Crippen molar-refractivity contribution in [3.05, 3.63) is 98.9 Å². The Bertz CT molecular complexity index is 1500. The van der Waals surface area contributed by atoms with Crippen LogP contribution in [0.15, 0.2) is 59.4 Å². The molecular formula is C28H27N3O4. The predicted octanol–water partition coefficient (Wildman–Crippen LogP) is 4.04. The number of benzene rings is 2. The van der Waals surface area contributed by atoms with Crippen LogP contribution < -0.4 is 5.56 Å². The first-order valence-electron chi connectivity index (χ1n) is 11.9. The number of ketones is 1. The molecule has 0 amide bonds. The standard InChI is InChI=1S/C28H27N3O4/c1-18-15-23(19(2)30(18)14-12-20-7-4-3-5-8-20)25(32)17-35-28(34)21-10-11-22-24(16-21)29-26-9-6-13-31(26)27(22)33/h3-5,7-8,10-11,15-16H,6,9,12-14,17H2,1-2H3. The summed E-state index contributed by atoms with van der Waals surface area (Å²) in [4.78, 5) is 42.7. The fraction of sp³-hybridized carbons (Fsp3) is 0.286. The van der Waals surface area contributed by atoms with Gasteiger partial charge in [0.05, 0.1) is 16.5 Å². The topological polar surface area (TPSA) is 83.2 Å². The van der Waals surface area contributed by atoms with E-state index >= 15 is 0 Å². The lowest BCUT2D eigenvalue weighted by Gasteiger charge is -2.10. The number of nitrogens with zero attached hydrogens (tertiary/aromatic N) is 3. The Morgan fingerprint density at radius 1 is 1.06 bits per heavy atom. The molecule has 1 aliphatic rings. The van der Waals surface area contributed by atoms with Gasteiger partial charge in [0.1, 0.15) is 5.82 Å². The molecule has 0 radical (unpaired) electrons. The fourth-order valence-corrected chi connectivity index (χ4v) is 4.82. The number of fused-ring (bicyclic) bond motifs is 2. The first-order valence-corrected chi connectivity index (χ1v) is 11.9. The van der Waals surface area contributed by atoms with Crippen molar-refractivity contribution in [2.24, 2.45) is 0 Å². The van der Waals surface area contributed by atoms with E-state index < -0.39 is 5.97 Å². The molecule has 0 spiro atoms. The zero-order chi connectivity index (χ0) is 24.5. The van der Waals surface area contributed by atoms with Crippen LogP contribution in [0, 0.1) is 13.8 Å². The van der Waals surface area contributed by atoms with Crippen LogP contribution in [0.1, 0.15) is 49.9 Å². The normalized spacial score (nSPS) is 12.6. The lowest BCUT2D eigenvalue weighted by molar-refractivity contribution is 0.0474. The monoisotopic (exact) mass is 469 g/mol. The van der Waals surface area contributed by atoms with E-state index in [0.717, 1.165) is 43.0 Å². The molecule has 35 heavy (non-hydrogen) atoms. The van der Waals surface area contributed by atoms with Gasteiger partial charge < -0.3 is 9.30 Å². The Labute approximate surface area is 203 Å². The van der Waals surface area contributed by atoms with Gasteiger partial charge in [0.15, 0.2) is 6.61 Å². The number of aromatic nitrogens is 3. The van der Waals surface area contributed by atoms with E-state index in [4.69, 9.17) is 4.74 Å². The second-order valence-electron chi connectivity index (χ2n) is 8.99. The molecule has 4 aromatic rings. The molecule has 5 rings (SSSR count). The molecule has 2 aromatic carbocycles. The number of aryl methyl sites for hydroxylation is 3. The van der Waals surface area contributed by atoms with Gasteiger partial charge in [0.25, 0.3) is 5.56 Å². The quantitative estimate of drug-likeness (QED) is 0.301. The van der Waals surface area contributed by atoms with Crippen molar-refractivity contribution in [2.75, 3.05) is 6.61 Å². The molecule has 0 fully saturated rings. The Morgan fingerprint density at radius 3 is 2.66 bits per heavy atom. The summed E-state index contributed by atoms with van der Waals surface area (Å²) < 4.78 is 9.15. The molecule has 0 atom stereocenters. The molecule has 7 heteroatoms. The van der Waals surface area contributed by atoms with Crippen molar-refractivity contribution in [2.45, 2.75) is 46.2 Å². The minimum atomic E-state index is -0.611. The third-order valence-corrected chi connectivity index (χ3v) is 6.73. The second-order valence-corrected chi connectivity index (χ2v) is 8.99. The van der Waals surface area contributed by atoms with Gasteiger partial charge in [-0.2, -0.15) is 0 Å². The largest absolute Gasteiger partial charge is 0.454 e. The van der Waals surface area contributed by atoms with Crippen LogP contribution in [-0.4, -0.2) is 32.5 Å². The number of carbonyl (C=O) groups is 2. The van der Waals surface area contributed by atoms with Gasteiger partial charge in [-0.1, -0.05) is 30.3 Å². The van der Waals surface area contributed by atoms with Crippen LogP contribution in [-0.2, 0) is 30.7 Å². The molecule has 2 aromatic heterocycles. The van der Waals surface area contributed by atoms with E-state index in [2.05, 4.69) is 21.7 Å². The maximum atomic E-state index is 12.9. The van der Waals surface area contributed by atoms with Crippen LogP contribution in [0.2, 0.25) is 0 Å². The molecule has 0 aliphatic carbocycles. The van der Waals surface area contributed by atoms with Crippen LogP contribution in [0.4, 0.5) is 0 Å². The number of Topliss-reactive ketones (excluding diaryl/α,β-unsaturated/α-hetero) is 1. The lowest BCUT2D eigenvalue weighted by atomic mass is 10.1. The van der Waals surface area contributed by atoms with Crippen molar-refractivity contribution in [1.82, 2.24) is 14.1 Å². The fourth-order valence-electron chi connectivity index (χ4n) is 4.82. The first-order chi connectivity index (χ1) is 16.9. The number of ether oxygens (including phenoxy) is 1. The van der Waals surface area contributed by atoms with Crippen molar-refractivity contribution in [3.63, 3.8) is 0 Å². The molecular weight excluding hydrogens is 442 g/mol. The summed E-state index contributed by atoms with van der Waals surface area (Å²) in [6.45, 7) is 4.99. The Hall–Kier alpha value is -4.00. The summed E-state index contributed by atoms with van der Waals surface area (Å²) in [5.74, 6) is -0.112. The SMILES string of the molecule is Cc1cc(C(=O)COC(=O)c2ccc3c(=O)n4c(nc3c2)CCC4)c(C)n1CCc1ccccc1. The van der Waals surface area contributed by atoms with Gasteiger partial charge in [-0.05, 0) is 56.5 Å². The van der Waals surface area contributed by atoms with E-state index in [1.807, 2.05) is 38.1 Å². The van der Waals surface area contributed by atoms with Crippen molar-refractivity contribution in [1.29, 1.82) is 0 Å². The minimum absolute atomic E-state index is 0.0831. The minimum Gasteiger partial charge on any atom is -0.454 e. The van der Waals surface area contributed by atoms with Gasteiger partial charge in [0, 0.05) is 36.5 Å². The van der Waals surface area contributed by atoms with E-state index in [1.54, 1.807) is 22.8 Å². The molecule has 1 aliphatic heterocycles. The average Bonchev–Trinajstić information content (AvgIpc) is 3.45. The predicted molar refractivity (Wildman–Crippen MR) is 133 cm³/mol. The highest BCUT2D eigenvalue weighted by molar-refractivity contribution is 6.01. The van der Waals surface area contributed by atoms with E-state index in [0.29, 0.717) is 23.0 Å². The van der Waals surface area contributed by atoms with E-state index in [1.165, 1.54) is 5.56 Å². The molecule has 0 saturated heterocycles. The third-order valence-electron chi connectivity index (χ3n) is 6.73. The molecule has 3 heterocycles. The number of hydrogen-bond acceptors (Lipinski definition) is 5. The zero-order valence-corrected chi connectivity index (χ0v) is 19.9. The molecule has 0 unspecified atom stereocenters. The molecule has 178 valence electrons. The zero-order valence-electron chi connectivity index (χ0n) is 19.9. The Morgan fingerprint density at radius 2 is 1.86 bits per heavy atom. The Kier molecular flexibility index (Phi) is 6.07. The highest BCUT2D eigenvalue weighted by Gasteiger charge is 2.20. The molecule has 0 bridgehead atoms. The van der Waals surface area contributed by atoms with Crippen molar-refractivity contribution < 1.29 is 14.3 Å². The van der Waals surface area contributed by atoms with E-state index in [-0.39, 0.29) is 23.5 Å². The highest BCUT2D eigenvalue weighted by Crippen LogP contribution is 2.19. The summed E-state index contributed by atoms with van der Waals surface area (Å²) in [7, 11) is 0. The number of carbonyl (C=O) groups excluding carboxylic acids is 2. The summed E-state index contributed by atoms with van der Waals surface area (Å²) in [5, 5.41) is 0.478. The van der Waals surface area contributed by atoms with E-state index in [9.17, 15) is 14.4 Å². The number of rotatable bonds is 7. The lowest BCUT2D eigenvalue weighted by Crippen LogP contribution is -2.21. The number of hydrogen-bond donors (Lipinski definition) is 0. The van der Waals surface area contributed by atoms with Crippen LogP contribution in [0.3, 0.4) is 0 Å². The van der Waals surface area contributed by atoms with Gasteiger partial charge in [-0.15, -0.1) is 0 Å². The maximum absolute atomic E-state index is 12.9. The van der Waals surface area contributed by atoms with Crippen molar-refractivity contribution in [3.8, 4) is 0 Å². The van der Waals surface area contributed by atoms with Gasteiger partial charge in [-0.25, -0.2) is 9.78 Å². The second kappa shape index (κ2) is 9.33. The van der Waals surface area contributed by atoms with Crippen LogP contribution in [0.25, 0.3) is 10.9 Å². The molecule has 7 nitrogen and oxygen atoms in total. The average molecular weight is 470 g/mol. The van der Waals surface area contributed by atoms with Crippen LogP contribution in [0.5, 0.6) is 0 Å². The summed E-state index contributed by atoms with van der Waals surface area (Å²) >= 11 is 0. The summed E-state index contributed by atoms with van der Waals surface area (Å²) in [5.41, 5.74) is 4.32. The number of esters is 1. The molecule has 0 saturated carbocycles. The summed E-state index contributed by atoms with van der Waals surface area (Å²) in [6, 6.07) is 16.8.